The summed E-state index contributed by atoms with van der Waals surface area (Å²) in [4.78, 5) is 10.6. The number of ether oxygens (including phenoxy) is 1. The maximum absolute atomic E-state index is 12.5. The highest BCUT2D eigenvalue weighted by molar-refractivity contribution is 7.89. The second kappa shape index (κ2) is 5.45. The van der Waals surface area contributed by atoms with E-state index in [0.717, 1.165) is 6.54 Å². The molecule has 2 aliphatic heterocycles. The maximum Gasteiger partial charge on any atom is 0.243 e. The molecule has 0 saturated carbocycles. The lowest BCUT2D eigenvalue weighted by Crippen LogP contribution is -2.52. The molecule has 0 amide bonds. The highest BCUT2D eigenvalue weighted by Crippen LogP contribution is 2.30. The van der Waals surface area contributed by atoms with E-state index in [2.05, 4.69) is 10.5 Å². The number of sulfonamides is 1. The topological polar surface area (TPSA) is 88.1 Å². The fourth-order valence-corrected chi connectivity index (χ4v) is 4.25. The van der Waals surface area contributed by atoms with Gasteiger partial charge in [0.1, 0.15) is 11.4 Å². The van der Waals surface area contributed by atoms with Crippen LogP contribution in [0.2, 0.25) is 0 Å². The molecule has 1 aromatic carbocycles. The first-order chi connectivity index (χ1) is 10.1. The second-order valence-electron chi connectivity index (χ2n) is 5.26. The number of benzene rings is 1. The van der Waals surface area contributed by atoms with E-state index in [1.807, 2.05) is 0 Å². The number of piperidine rings is 1. The van der Waals surface area contributed by atoms with Crippen LogP contribution < -0.4 is 5.32 Å². The molecule has 1 aromatic rings. The summed E-state index contributed by atoms with van der Waals surface area (Å²) in [7, 11) is -3.53. The summed E-state index contributed by atoms with van der Waals surface area (Å²) >= 11 is 0. The molecule has 1 N–H and O–H groups in total. The van der Waals surface area contributed by atoms with Crippen molar-refractivity contribution in [3.63, 3.8) is 0 Å². The molecule has 8 heteroatoms. The summed E-state index contributed by atoms with van der Waals surface area (Å²) in [5.41, 5.74) is -0.132. The molecular formula is C13H17N3O4S. The van der Waals surface area contributed by atoms with Crippen molar-refractivity contribution in [3.8, 4) is 0 Å². The maximum atomic E-state index is 12.5. The number of nitroso groups, excluding NO2 is 1. The van der Waals surface area contributed by atoms with E-state index < -0.39 is 10.0 Å². The van der Waals surface area contributed by atoms with Gasteiger partial charge in [0.15, 0.2) is 0 Å². The number of nitrogens with zero attached hydrogens (tertiary/aromatic N) is 2. The van der Waals surface area contributed by atoms with Gasteiger partial charge < -0.3 is 4.74 Å². The van der Waals surface area contributed by atoms with Gasteiger partial charge in [0.05, 0.1) is 11.5 Å². The molecular weight excluding hydrogens is 294 g/mol. The molecule has 0 bridgehead atoms. The van der Waals surface area contributed by atoms with Gasteiger partial charge in [0.2, 0.25) is 10.0 Å². The Hall–Kier alpha value is -1.35. The number of hydrogen-bond donors (Lipinski definition) is 1. The molecule has 0 aromatic heterocycles. The highest BCUT2D eigenvalue weighted by Gasteiger charge is 2.41. The third-order valence-corrected chi connectivity index (χ3v) is 5.95. The Bertz CT molecular complexity index is 613. The molecule has 2 saturated heterocycles. The monoisotopic (exact) mass is 311 g/mol. The lowest BCUT2D eigenvalue weighted by Gasteiger charge is -2.37. The van der Waals surface area contributed by atoms with Crippen molar-refractivity contribution in [2.24, 2.45) is 5.18 Å². The summed E-state index contributed by atoms with van der Waals surface area (Å²) in [5, 5.41) is 6.08. The van der Waals surface area contributed by atoms with Gasteiger partial charge >= 0.3 is 0 Å². The van der Waals surface area contributed by atoms with Gasteiger partial charge in [-0.2, -0.15) is 4.31 Å². The van der Waals surface area contributed by atoms with Crippen LogP contribution in [0.1, 0.15) is 12.8 Å². The molecule has 2 heterocycles. The van der Waals surface area contributed by atoms with E-state index in [0.29, 0.717) is 32.5 Å². The van der Waals surface area contributed by atoms with Gasteiger partial charge in [-0.1, -0.05) is 0 Å². The van der Waals surface area contributed by atoms with E-state index in [1.54, 1.807) is 0 Å². The minimum absolute atomic E-state index is 0.186. The third-order valence-electron chi connectivity index (χ3n) is 4.04. The van der Waals surface area contributed by atoms with Crippen LogP contribution >= 0.6 is 0 Å². The first-order valence-corrected chi connectivity index (χ1v) is 8.32. The molecule has 0 atom stereocenters. The quantitative estimate of drug-likeness (QED) is 0.847. The zero-order valence-electron chi connectivity index (χ0n) is 11.5. The first-order valence-electron chi connectivity index (χ1n) is 6.88. The minimum atomic E-state index is -3.53. The van der Waals surface area contributed by atoms with E-state index >= 15 is 0 Å². The number of hydrogen-bond acceptors (Lipinski definition) is 6. The van der Waals surface area contributed by atoms with Gasteiger partial charge in [-0.25, -0.2) is 8.42 Å². The molecule has 21 heavy (non-hydrogen) atoms. The largest absolute Gasteiger partial charge is 0.359 e. The third kappa shape index (κ3) is 2.71. The van der Waals surface area contributed by atoms with Crippen molar-refractivity contribution in [2.45, 2.75) is 23.5 Å². The molecule has 2 aliphatic rings. The standard InChI is InChI=1S/C13H17N3O4S/c17-15-11-1-3-12(4-2-11)21(18,19)16-8-5-13(6-9-16)14-7-10-20-13/h1-4,14H,5-10H2. The first kappa shape index (κ1) is 14.6. The van der Waals surface area contributed by atoms with Crippen LogP contribution in [0, 0.1) is 4.91 Å². The van der Waals surface area contributed by atoms with Crippen molar-refractivity contribution in [1.82, 2.24) is 9.62 Å². The molecule has 0 radical (unpaired) electrons. The molecule has 114 valence electrons. The molecule has 0 unspecified atom stereocenters. The smallest absolute Gasteiger partial charge is 0.243 e. The Kier molecular flexibility index (Phi) is 3.78. The normalized spacial score (nSPS) is 22.5. The van der Waals surface area contributed by atoms with Gasteiger partial charge in [0.25, 0.3) is 0 Å². The van der Waals surface area contributed by atoms with Gasteiger partial charge in [-0.3, -0.25) is 5.32 Å². The van der Waals surface area contributed by atoms with Gasteiger partial charge in [-0.05, 0) is 29.4 Å². The zero-order valence-corrected chi connectivity index (χ0v) is 12.3. The van der Waals surface area contributed by atoms with E-state index in [4.69, 9.17) is 4.74 Å². The van der Waals surface area contributed by atoms with E-state index in [1.165, 1.54) is 28.6 Å². The molecule has 2 fully saturated rings. The predicted molar refractivity (Wildman–Crippen MR) is 76.6 cm³/mol. The van der Waals surface area contributed by atoms with Crippen LogP contribution in [0.4, 0.5) is 5.69 Å². The molecule has 0 aliphatic carbocycles. The number of nitrogens with one attached hydrogen (secondary N) is 1. The fraction of sp³-hybridized carbons (Fsp3) is 0.538. The van der Waals surface area contributed by atoms with Crippen molar-refractivity contribution < 1.29 is 13.2 Å². The second-order valence-corrected chi connectivity index (χ2v) is 7.20. The average Bonchev–Trinajstić information content (AvgIpc) is 2.96. The van der Waals surface area contributed by atoms with Crippen molar-refractivity contribution in [1.29, 1.82) is 0 Å². The Morgan fingerprint density at radius 3 is 2.38 bits per heavy atom. The summed E-state index contributed by atoms with van der Waals surface area (Å²) < 4.78 is 32.3. The minimum Gasteiger partial charge on any atom is -0.359 e. The summed E-state index contributed by atoms with van der Waals surface area (Å²) in [6.07, 6.45) is 1.28. The van der Waals surface area contributed by atoms with Gasteiger partial charge in [-0.15, -0.1) is 4.91 Å². The van der Waals surface area contributed by atoms with Crippen molar-refractivity contribution >= 4 is 15.7 Å². The van der Waals surface area contributed by atoms with Gasteiger partial charge in [0, 0.05) is 32.5 Å². The van der Waals surface area contributed by atoms with Crippen LogP contribution in [0.25, 0.3) is 0 Å². The fourth-order valence-electron chi connectivity index (χ4n) is 2.81. The summed E-state index contributed by atoms with van der Waals surface area (Å²) in [6.45, 7) is 2.33. The van der Waals surface area contributed by atoms with Crippen LogP contribution in [-0.4, -0.2) is 44.7 Å². The van der Waals surface area contributed by atoms with Crippen LogP contribution in [0.3, 0.4) is 0 Å². The van der Waals surface area contributed by atoms with Crippen LogP contribution in [-0.2, 0) is 14.8 Å². The Morgan fingerprint density at radius 1 is 1.19 bits per heavy atom. The van der Waals surface area contributed by atoms with Crippen molar-refractivity contribution in [2.75, 3.05) is 26.2 Å². The van der Waals surface area contributed by atoms with Crippen LogP contribution in [0.5, 0.6) is 0 Å². The Morgan fingerprint density at radius 2 is 1.86 bits per heavy atom. The summed E-state index contributed by atoms with van der Waals surface area (Å²) in [5.74, 6) is 0. The van der Waals surface area contributed by atoms with Crippen LogP contribution in [0.15, 0.2) is 34.3 Å². The lowest BCUT2D eigenvalue weighted by molar-refractivity contribution is -0.0445. The Labute approximate surface area is 123 Å². The summed E-state index contributed by atoms with van der Waals surface area (Å²) in [6, 6.07) is 5.65. The molecule has 7 nitrogen and oxygen atoms in total. The average molecular weight is 311 g/mol. The SMILES string of the molecule is O=Nc1ccc(S(=O)(=O)N2CCC3(CC2)NCCO3)cc1. The Balaban J connectivity index is 1.74. The number of rotatable bonds is 3. The van der Waals surface area contributed by atoms with E-state index in [-0.39, 0.29) is 16.3 Å². The predicted octanol–water partition coefficient (Wildman–Crippen LogP) is 1.19. The molecule has 1 spiro atoms. The lowest BCUT2D eigenvalue weighted by atomic mass is 10.0. The van der Waals surface area contributed by atoms with Crippen molar-refractivity contribution in [3.05, 3.63) is 29.2 Å². The molecule has 3 rings (SSSR count). The zero-order chi connectivity index (χ0) is 14.9. The highest BCUT2D eigenvalue weighted by atomic mass is 32.2. The van der Waals surface area contributed by atoms with E-state index in [9.17, 15) is 13.3 Å².